The zero-order chi connectivity index (χ0) is 22.8. The SMILES string of the molecule is C=CC(=O)N1CCN(c2nc(OC)nc3c2CN(Cc2nc(OC)ccc2Cl)C3)C(C)C1. The van der Waals surface area contributed by atoms with Crippen molar-refractivity contribution in [2.45, 2.75) is 32.6 Å². The predicted octanol–water partition coefficient (Wildman–Crippen LogP) is 2.28. The Hall–Kier alpha value is -2.91. The minimum Gasteiger partial charge on any atom is -0.481 e. The molecular formula is C22H27ClN6O3. The number of piperazine rings is 1. The number of methoxy groups -OCH3 is 2. The fourth-order valence-corrected chi connectivity index (χ4v) is 4.39. The zero-order valence-corrected chi connectivity index (χ0v) is 19.3. The van der Waals surface area contributed by atoms with Gasteiger partial charge in [-0.1, -0.05) is 18.2 Å². The second-order valence-electron chi connectivity index (χ2n) is 7.92. The van der Waals surface area contributed by atoms with Gasteiger partial charge in [-0.25, -0.2) is 4.98 Å². The normalized spacial score (nSPS) is 18.4. The lowest BCUT2D eigenvalue weighted by molar-refractivity contribution is -0.126. The van der Waals surface area contributed by atoms with E-state index in [1.54, 1.807) is 26.4 Å². The van der Waals surface area contributed by atoms with Crippen molar-refractivity contribution in [3.63, 3.8) is 0 Å². The number of carbonyl (C=O) groups is 1. The van der Waals surface area contributed by atoms with E-state index in [4.69, 9.17) is 26.1 Å². The summed E-state index contributed by atoms with van der Waals surface area (Å²) in [6.07, 6.45) is 1.36. The summed E-state index contributed by atoms with van der Waals surface area (Å²) >= 11 is 6.37. The number of fused-ring (bicyclic) bond motifs is 1. The standard InChI is InChI=1S/C22H27ClN6O3/c1-5-20(30)28-8-9-29(14(2)10-28)21-15-11-27(12-17(15)25-22(26-21)32-4)13-18-16(23)6-7-19(24-18)31-3/h5-7,14H,1,8-13H2,2-4H3. The summed E-state index contributed by atoms with van der Waals surface area (Å²) in [7, 11) is 3.16. The molecule has 0 spiro atoms. The number of hydrogen-bond acceptors (Lipinski definition) is 8. The molecule has 1 saturated heterocycles. The average Bonchev–Trinajstić information content (AvgIpc) is 3.21. The van der Waals surface area contributed by atoms with Gasteiger partial charge in [-0.3, -0.25) is 9.69 Å². The Morgan fingerprint density at radius 2 is 2.03 bits per heavy atom. The van der Waals surface area contributed by atoms with E-state index in [0.29, 0.717) is 56.2 Å². The molecule has 9 nitrogen and oxygen atoms in total. The summed E-state index contributed by atoms with van der Waals surface area (Å²) in [6, 6.07) is 3.98. The van der Waals surface area contributed by atoms with E-state index >= 15 is 0 Å². The highest BCUT2D eigenvalue weighted by atomic mass is 35.5. The van der Waals surface area contributed by atoms with Crippen molar-refractivity contribution in [2.24, 2.45) is 0 Å². The number of ether oxygens (including phenoxy) is 2. The third kappa shape index (κ3) is 4.35. The van der Waals surface area contributed by atoms with Crippen LogP contribution in [-0.4, -0.2) is 70.6 Å². The summed E-state index contributed by atoms with van der Waals surface area (Å²) in [5.41, 5.74) is 2.76. The maximum absolute atomic E-state index is 12.0. The van der Waals surface area contributed by atoms with Crippen molar-refractivity contribution in [2.75, 3.05) is 38.8 Å². The van der Waals surface area contributed by atoms with E-state index in [2.05, 4.69) is 33.3 Å². The fraction of sp³-hybridized carbons (Fsp3) is 0.455. The molecule has 0 aliphatic carbocycles. The van der Waals surface area contributed by atoms with Gasteiger partial charge in [-0.05, 0) is 19.1 Å². The number of rotatable bonds is 6. The second kappa shape index (κ2) is 9.30. The summed E-state index contributed by atoms with van der Waals surface area (Å²) in [5, 5.41) is 0.599. The van der Waals surface area contributed by atoms with Crippen LogP contribution in [0, 0.1) is 0 Å². The van der Waals surface area contributed by atoms with Gasteiger partial charge in [-0.15, -0.1) is 0 Å². The number of nitrogens with zero attached hydrogens (tertiary/aromatic N) is 6. The number of halogens is 1. The lowest BCUT2D eigenvalue weighted by Gasteiger charge is -2.40. The second-order valence-corrected chi connectivity index (χ2v) is 8.32. The van der Waals surface area contributed by atoms with Crippen LogP contribution in [0.4, 0.5) is 5.82 Å². The largest absolute Gasteiger partial charge is 0.481 e. The smallest absolute Gasteiger partial charge is 0.318 e. The number of anilines is 1. The molecular weight excluding hydrogens is 432 g/mol. The Kier molecular flexibility index (Phi) is 6.48. The van der Waals surface area contributed by atoms with Gasteiger partial charge in [0.2, 0.25) is 11.8 Å². The first-order chi connectivity index (χ1) is 15.4. The summed E-state index contributed by atoms with van der Waals surface area (Å²) in [5.74, 6) is 1.34. The third-order valence-electron chi connectivity index (χ3n) is 5.85. The van der Waals surface area contributed by atoms with Crippen LogP contribution in [0.15, 0.2) is 24.8 Å². The first-order valence-electron chi connectivity index (χ1n) is 10.5. The number of hydrogen-bond donors (Lipinski definition) is 0. The first-order valence-corrected chi connectivity index (χ1v) is 10.8. The van der Waals surface area contributed by atoms with Crippen LogP contribution < -0.4 is 14.4 Å². The van der Waals surface area contributed by atoms with E-state index < -0.39 is 0 Å². The van der Waals surface area contributed by atoms with Gasteiger partial charge in [0.15, 0.2) is 0 Å². The molecule has 170 valence electrons. The Morgan fingerprint density at radius 1 is 1.22 bits per heavy atom. The van der Waals surface area contributed by atoms with Gasteiger partial charge in [-0.2, -0.15) is 9.97 Å². The van der Waals surface area contributed by atoms with E-state index in [-0.39, 0.29) is 11.9 Å². The summed E-state index contributed by atoms with van der Waals surface area (Å²) in [4.78, 5) is 32.1. The van der Waals surface area contributed by atoms with Crippen LogP contribution >= 0.6 is 11.6 Å². The van der Waals surface area contributed by atoms with Crippen molar-refractivity contribution in [3.05, 3.63) is 46.8 Å². The molecule has 0 saturated carbocycles. The molecule has 2 aromatic rings. The van der Waals surface area contributed by atoms with E-state index in [1.807, 2.05) is 4.90 Å². The molecule has 1 amide bonds. The Morgan fingerprint density at radius 3 is 2.72 bits per heavy atom. The van der Waals surface area contributed by atoms with Crippen molar-refractivity contribution < 1.29 is 14.3 Å². The molecule has 1 fully saturated rings. The number of carbonyl (C=O) groups excluding carboxylic acids is 1. The summed E-state index contributed by atoms with van der Waals surface area (Å²) < 4.78 is 10.6. The van der Waals surface area contributed by atoms with Crippen molar-refractivity contribution in [3.8, 4) is 11.9 Å². The van der Waals surface area contributed by atoms with Crippen molar-refractivity contribution >= 4 is 23.3 Å². The third-order valence-corrected chi connectivity index (χ3v) is 6.19. The van der Waals surface area contributed by atoms with Crippen LogP contribution in [0.1, 0.15) is 23.9 Å². The summed E-state index contributed by atoms with van der Waals surface area (Å²) in [6.45, 7) is 9.46. The van der Waals surface area contributed by atoms with Crippen LogP contribution in [0.25, 0.3) is 0 Å². The fourth-order valence-electron chi connectivity index (χ4n) is 4.22. The molecule has 0 aromatic carbocycles. The highest BCUT2D eigenvalue weighted by Crippen LogP contribution is 2.34. The molecule has 10 heteroatoms. The van der Waals surface area contributed by atoms with Crippen LogP contribution in [0.3, 0.4) is 0 Å². The molecule has 0 N–H and O–H groups in total. The molecule has 32 heavy (non-hydrogen) atoms. The monoisotopic (exact) mass is 458 g/mol. The molecule has 1 unspecified atom stereocenters. The van der Waals surface area contributed by atoms with Gasteiger partial charge < -0.3 is 19.3 Å². The lowest BCUT2D eigenvalue weighted by Crippen LogP contribution is -2.54. The Bertz CT molecular complexity index is 1030. The van der Waals surface area contributed by atoms with Crippen molar-refractivity contribution in [1.82, 2.24) is 24.8 Å². The lowest BCUT2D eigenvalue weighted by atomic mass is 10.1. The molecule has 0 radical (unpaired) electrons. The van der Waals surface area contributed by atoms with Gasteiger partial charge >= 0.3 is 6.01 Å². The van der Waals surface area contributed by atoms with Gasteiger partial charge in [0.1, 0.15) is 5.82 Å². The maximum Gasteiger partial charge on any atom is 0.318 e. The van der Waals surface area contributed by atoms with Gasteiger partial charge in [0, 0.05) is 56.9 Å². The van der Waals surface area contributed by atoms with E-state index in [0.717, 1.165) is 22.8 Å². The van der Waals surface area contributed by atoms with Crippen LogP contribution in [0.2, 0.25) is 5.02 Å². The number of amides is 1. The molecule has 2 aliphatic heterocycles. The van der Waals surface area contributed by atoms with E-state index in [1.165, 1.54) is 6.08 Å². The first kappa shape index (κ1) is 22.3. The minimum atomic E-state index is -0.0455. The molecule has 4 heterocycles. The van der Waals surface area contributed by atoms with Gasteiger partial charge in [0.25, 0.3) is 0 Å². The molecule has 4 rings (SSSR count). The topological polar surface area (TPSA) is 83.9 Å². The quantitative estimate of drug-likeness (QED) is 0.609. The van der Waals surface area contributed by atoms with Crippen LogP contribution in [-0.2, 0) is 24.4 Å². The highest BCUT2D eigenvalue weighted by molar-refractivity contribution is 6.31. The molecule has 1 atom stereocenters. The van der Waals surface area contributed by atoms with Gasteiger partial charge in [0.05, 0.1) is 30.6 Å². The maximum atomic E-state index is 12.0. The molecule has 0 bridgehead atoms. The minimum absolute atomic E-state index is 0.0455. The van der Waals surface area contributed by atoms with E-state index in [9.17, 15) is 4.79 Å². The Balaban J connectivity index is 1.58. The predicted molar refractivity (Wildman–Crippen MR) is 121 cm³/mol. The zero-order valence-electron chi connectivity index (χ0n) is 18.5. The highest BCUT2D eigenvalue weighted by Gasteiger charge is 2.33. The number of pyridine rings is 1. The number of aromatic nitrogens is 3. The Labute approximate surface area is 192 Å². The molecule has 2 aromatic heterocycles. The van der Waals surface area contributed by atoms with Crippen molar-refractivity contribution in [1.29, 1.82) is 0 Å². The average molecular weight is 459 g/mol. The molecule has 2 aliphatic rings. The van der Waals surface area contributed by atoms with Crippen LogP contribution in [0.5, 0.6) is 11.9 Å².